The lowest BCUT2D eigenvalue weighted by atomic mass is 9.67. The standard InChI is InChI=1S/C28H32FN5O3.C2H6/c1-16-7-8-17(13-20(16)29)19-14-34(26(2,3)4)22-18(19)9-10-21(30-22)23(35)33-12-11-28(27(5,6)15-33)24(36)31-25(37)32-28;1-2/h7-10,13-14H,11-12,15H2,1-6H3,(H2,31,32,36,37);1-2H3. The van der Waals surface area contributed by atoms with Gasteiger partial charge >= 0.3 is 6.03 Å². The van der Waals surface area contributed by atoms with E-state index in [1.54, 1.807) is 24.0 Å². The summed E-state index contributed by atoms with van der Waals surface area (Å²) in [5.41, 5.74) is 1.05. The van der Waals surface area contributed by atoms with E-state index in [9.17, 15) is 18.8 Å². The molecular formula is C30H38FN5O3. The number of nitrogens with zero attached hydrogens (tertiary/aromatic N) is 3. The lowest BCUT2D eigenvalue weighted by Gasteiger charge is -2.49. The maximum Gasteiger partial charge on any atom is 0.322 e. The SMILES string of the molecule is CC.Cc1ccc(-c2cn(C(C)(C)C)c3nc(C(=O)N4CCC5(NC(=O)NC5=O)C(C)(C)C4)ccc23)cc1F. The number of fused-ring (bicyclic) bond motifs is 1. The van der Waals surface area contributed by atoms with Crippen molar-refractivity contribution in [2.24, 2.45) is 5.41 Å². The number of amides is 4. The monoisotopic (exact) mass is 535 g/mol. The van der Waals surface area contributed by atoms with Gasteiger partial charge in [0.25, 0.3) is 11.8 Å². The Kier molecular flexibility index (Phi) is 7.08. The summed E-state index contributed by atoms with van der Waals surface area (Å²) in [5, 5.41) is 5.97. The van der Waals surface area contributed by atoms with E-state index in [1.807, 2.05) is 50.6 Å². The minimum atomic E-state index is -1.04. The molecule has 1 unspecified atom stereocenters. The van der Waals surface area contributed by atoms with Crippen molar-refractivity contribution in [3.8, 4) is 11.1 Å². The number of hydrogen-bond donors (Lipinski definition) is 2. The van der Waals surface area contributed by atoms with E-state index >= 15 is 0 Å². The molecule has 39 heavy (non-hydrogen) atoms. The van der Waals surface area contributed by atoms with Gasteiger partial charge in [-0.25, -0.2) is 14.2 Å². The van der Waals surface area contributed by atoms with E-state index in [1.165, 1.54) is 6.07 Å². The van der Waals surface area contributed by atoms with E-state index in [2.05, 4.69) is 31.4 Å². The normalized spacial score (nSPS) is 20.5. The highest BCUT2D eigenvalue weighted by molar-refractivity contribution is 6.08. The van der Waals surface area contributed by atoms with Crippen LogP contribution in [0.5, 0.6) is 0 Å². The number of benzene rings is 1. The number of imide groups is 1. The molecule has 1 aromatic carbocycles. The molecule has 9 heteroatoms. The van der Waals surface area contributed by atoms with Gasteiger partial charge in [0, 0.05) is 41.2 Å². The molecule has 1 spiro atoms. The maximum atomic E-state index is 14.4. The number of likely N-dealkylation sites (tertiary alicyclic amines) is 1. The van der Waals surface area contributed by atoms with Crippen molar-refractivity contribution in [1.82, 2.24) is 25.1 Å². The fourth-order valence-electron chi connectivity index (χ4n) is 5.53. The van der Waals surface area contributed by atoms with Gasteiger partial charge in [0.1, 0.15) is 22.7 Å². The summed E-state index contributed by atoms with van der Waals surface area (Å²) in [6, 6.07) is 8.24. The molecule has 208 valence electrons. The summed E-state index contributed by atoms with van der Waals surface area (Å²) >= 11 is 0. The van der Waals surface area contributed by atoms with Crippen LogP contribution in [0.3, 0.4) is 0 Å². The van der Waals surface area contributed by atoms with E-state index < -0.39 is 17.0 Å². The van der Waals surface area contributed by atoms with Gasteiger partial charge in [-0.2, -0.15) is 0 Å². The molecular weight excluding hydrogens is 497 g/mol. The number of hydrogen-bond acceptors (Lipinski definition) is 4. The van der Waals surface area contributed by atoms with Crippen molar-refractivity contribution in [2.45, 2.75) is 72.9 Å². The Morgan fingerprint density at radius 1 is 1.10 bits per heavy atom. The van der Waals surface area contributed by atoms with Crippen molar-refractivity contribution in [3.63, 3.8) is 0 Å². The molecule has 2 saturated heterocycles. The van der Waals surface area contributed by atoms with Gasteiger partial charge in [-0.15, -0.1) is 0 Å². The number of pyridine rings is 1. The molecule has 4 heterocycles. The van der Waals surface area contributed by atoms with Crippen LogP contribution in [0, 0.1) is 18.2 Å². The predicted molar refractivity (Wildman–Crippen MR) is 150 cm³/mol. The Hall–Kier alpha value is -3.75. The van der Waals surface area contributed by atoms with Crippen molar-refractivity contribution in [1.29, 1.82) is 0 Å². The van der Waals surface area contributed by atoms with Crippen LogP contribution in [-0.2, 0) is 10.3 Å². The van der Waals surface area contributed by atoms with E-state index in [0.29, 0.717) is 29.9 Å². The highest BCUT2D eigenvalue weighted by Crippen LogP contribution is 2.41. The molecule has 2 aliphatic heterocycles. The topological polar surface area (TPSA) is 96.3 Å². The average molecular weight is 536 g/mol. The van der Waals surface area contributed by atoms with Crippen LogP contribution in [0.4, 0.5) is 9.18 Å². The summed E-state index contributed by atoms with van der Waals surface area (Å²) in [6.07, 6.45) is 2.28. The zero-order valence-electron chi connectivity index (χ0n) is 24.0. The number of halogens is 1. The van der Waals surface area contributed by atoms with Crippen LogP contribution in [0.2, 0.25) is 0 Å². The van der Waals surface area contributed by atoms with Crippen LogP contribution >= 0.6 is 0 Å². The Morgan fingerprint density at radius 3 is 2.36 bits per heavy atom. The Bertz CT molecular complexity index is 1470. The van der Waals surface area contributed by atoms with Gasteiger partial charge in [0.2, 0.25) is 0 Å². The number of urea groups is 1. The van der Waals surface area contributed by atoms with Gasteiger partial charge in [-0.05, 0) is 63.4 Å². The van der Waals surface area contributed by atoms with Crippen molar-refractivity contribution in [3.05, 3.63) is 53.6 Å². The second-order valence-corrected chi connectivity index (χ2v) is 11.8. The van der Waals surface area contributed by atoms with Gasteiger partial charge < -0.3 is 14.8 Å². The predicted octanol–water partition coefficient (Wildman–Crippen LogP) is 5.38. The molecule has 0 saturated carbocycles. The molecule has 0 aliphatic carbocycles. The number of aromatic nitrogens is 2. The Balaban J connectivity index is 0.00000172. The van der Waals surface area contributed by atoms with E-state index in [-0.39, 0.29) is 29.7 Å². The molecule has 2 aromatic heterocycles. The maximum absolute atomic E-state index is 14.4. The first-order valence-electron chi connectivity index (χ1n) is 13.5. The molecule has 0 bridgehead atoms. The lowest BCUT2D eigenvalue weighted by Crippen LogP contribution is -2.66. The Labute approximate surface area is 229 Å². The number of nitrogens with one attached hydrogen (secondary N) is 2. The number of carbonyl (C=O) groups excluding carboxylic acids is 3. The molecule has 2 aliphatic rings. The van der Waals surface area contributed by atoms with E-state index in [0.717, 1.165) is 16.5 Å². The van der Waals surface area contributed by atoms with Crippen LogP contribution in [-0.4, -0.2) is 50.9 Å². The molecule has 1 atom stereocenters. The van der Waals surface area contributed by atoms with Crippen molar-refractivity contribution in [2.75, 3.05) is 13.1 Å². The van der Waals surface area contributed by atoms with Gasteiger partial charge in [0.15, 0.2) is 0 Å². The van der Waals surface area contributed by atoms with Crippen molar-refractivity contribution >= 4 is 28.9 Å². The third-order valence-corrected chi connectivity index (χ3v) is 7.80. The third-order valence-electron chi connectivity index (χ3n) is 7.80. The van der Waals surface area contributed by atoms with Crippen LogP contribution < -0.4 is 10.6 Å². The Morgan fingerprint density at radius 2 is 1.79 bits per heavy atom. The molecule has 3 aromatic rings. The molecule has 4 amide bonds. The number of carbonyl (C=O) groups is 3. The molecule has 5 rings (SSSR count). The molecule has 2 N–H and O–H groups in total. The third kappa shape index (κ3) is 4.68. The van der Waals surface area contributed by atoms with Gasteiger partial charge in [-0.1, -0.05) is 39.8 Å². The summed E-state index contributed by atoms with van der Waals surface area (Å²) in [6.45, 7) is 16.2. The quantitative estimate of drug-likeness (QED) is 0.431. The largest absolute Gasteiger partial charge is 0.337 e. The number of aryl methyl sites for hydroxylation is 1. The second kappa shape index (κ2) is 9.77. The average Bonchev–Trinajstić information content (AvgIpc) is 3.40. The lowest BCUT2D eigenvalue weighted by molar-refractivity contribution is -0.131. The fourth-order valence-corrected chi connectivity index (χ4v) is 5.53. The summed E-state index contributed by atoms with van der Waals surface area (Å²) in [7, 11) is 0. The first-order chi connectivity index (χ1) is 18.2. The summed E-state index contributed by atoms with van der Waals surface area (Å²) < 4.78 is 16.4. The summed E-state index contributed by atoms with van der Waals surface area (Å²) in [4.78, 5) is 44.6. The highest BCUT2D eigenvalue weighted by Gasteiger charge is 2.59. The minimum Gasteiger partial charge on any atom is -0.337 e. The zero-order chi connectivity index (χ0) is 28.9. The summed E-state index contributed by atoms with van der Waals surface area (Å²) in [5.74, 6) is -0.858. The van der Waals surface area contributed by atoms with Crippen LogP contribution in [0.25, 0.3) is 22.2 Å². The molecule has 8 nitrogen and oxygen atoms in total. The smallest absolute Gasteiger partial charge is 0.322 e. The van der Waals surface area contributed by atoms with E-state index in [4.69, 9.17) is 4.98 Å². The second-order valence-electron chi connectivity index (χ2n) is 11.8. The number of rotatable bonds is 2. The zero-order valence-corrected chi connectivity index (χ0v) is 24.0. The van der Waals surface area contributed by atoms with Gasteiger partial charge in [-0.3, -0.25) is 14.9 Å². The van der Waals surface area contributed by atoms with Crippen LogP contribution in [0.15, 0.2) is 36.5 Å². The highest BCUT2D eigenvalue weighted by atomic mass is 19.1. The first kappa shape index (κ1) is 28.3. The number of piperidine rings is 1. The molecule has 0 radical (unpaired) electrons. The minimum absolute atomic E-state index is 0.237. The van der Waals surface area contributed by atoms with Crippen LogP contribution in [0.1, 0.15) is 70.9 Å². The molecule has 2 fully saturated rings. The first-order valence-corrected chi connectivity index (χ1v) is 13.5. The van der Waals surface area contributed by atoms with Gasteiger partial charge in [0.05, 0.1) is 0 Å². The van der Waals surface area contributed by atoms with Crippen molar-refractivity contribution < 1.29 is 18.8 Å². The fraction of sp³-hybridized carbons (Fsp3) is 0.467.